The summed E-state index contributed by atoms with van der Waals surface area (Å²) < 4.78 is 0. The molecule has 1 N–H and O–H groups in total. The standard InChI is InChI=1S/C4H6NO4/c6-4(7)2-1-3-5(8)9/h3H,1-2H2,(H-,6,7,8,9)/q-1. The molecule has 0 heterocycles. The van der Waals surface area contributed by atoms with Crippen molar-refractivity contribution >= 4 is 12.2 Å². The number of aliphatic carboxylic acids is 1. The summed E-state index contributed by atoms with van der Waals surface area (Å²) in [4.78, 5) is 9.09. The molecule has 0 aromatic rings. The van der Waals surface area contributed by atoms with E-state index in [4.69, 9.17) is 5.11 Å². The smallest absolute Gasteiger partial charge is 0.303 e. The average molecular weight is 132 g/mol. The summed E-state index contributed by atoms with van der Waals surface area (Å²) in [6.45, 7) is 0. The molecule has 5 nitrogen and oxygen atoms in total. The van der Waals surface area contributed by atoms with Crippen LogP contribution in [0.2, 0.25) is 0 Å². The van der Waals surface area contributed by atoms with Crippen LogP contribution in [0.1, 0.15) is 12.8 Å². The summed E-state index contributed by atoms with van der Waals surface area (Å²) in [6.07, 6.45) is 0.539. The second kappa shape index (κ2) is 3.71. The Morgan fingerprint density at radius 3 is 2.56 bits per heavy atom. The van der Waals surface area contributed by atoms with E-state index in [1.54, 1.807) is 0 Å². The fourth-order valence-corrected chi connectivity index (χ4v) is 0.293. The molecule has 0 aliphatic carbocycles. The topological polar surface area (TPSA) is 86.4 Å². The first-order valence-electron chi connectivity index (χ1n) is 2.31. The third-order valence-corrected chi connectivity index (χ3v) is 0.636. The zero-order valence-corrected chi connectivity index (χ0v) is 4.61. The maximum Gasteiger partial charge on any atom is 0.303 e. The SMILES string of the molecule is O=C(O)CCC=[N+]([O-])[O-]. The van der Waals surface area contributed by atoms with Crippen molar-refractivity contribution < 1.29 is 14.8 Å². The highest BCUT2D eigenvalue weighted by atomic mass is 16.8. The molecule has 0 aromatic heterocycles. The maximum atomic E-state index is 9.74. The number of nitrogens with zero attached hydrogens (tertiary/aromatic N) is 1. The lowest BCUT2D eigenvalue weighted by Crippen LogP contribution is -1.98. The molecule has 0 saturated heterocycles. The molecule has 52 valence electrons. The van der Waals surface area contributed by atoms with E-state index in [0.29, 0.717) is 0 Å². The van der Waals surface area contributed by atoms with Gasteiger partial charge in [-0.25, -0.2) is 0 Å². The van der Waals surface area contributed by atoms with Crippen LogP contribution in [0.15, 0.2) is 0 Å². The van der Waals surface area contributed by atoms with Crippen LogP contribution in [0.3, 0.4) is 0 Å². The Kier molecular flexibility index (Phi) is 3.19. The van der Waals surface area contributed by atoms with E-state index >= 15 is 0 Å². The molecule has 0 atom stereocenters. The van der Waals surface area contributed by atoms with Crippen LogP contribution in [0.25, 0.3) is 0 Å². The van der Waals surface area contributed by atoms with E-state index in [2.05, 4.69) is 0 Å². The van der Waals surface area contributed by atoms with Gasteiger partial charge in [-0.1, -0.05) is 0 Å². The molecular formula is C4H6NO4-. The average Bonchev–Trinajstić information content (AvgIpc) is 1.63. The molecule has 0 amide bonds. The fourth-order valence-electron chi connectivity index (χ4n) is 0.293. The van der Waals surface area contributed by atoms with Gasteiger partial charge in [0.2, 0.25) is 0 Å². The van der Waals surface area contributed by atoms with Gasteiger partial charge in [-0.15, -0.1) is 0 Å². The second-order valence-electron chi connectivity index (χ2n) is 1.40. The van der Waals surface area contributed by atoms with Crippen molar-refractivity contribution in [2.45, 2.75) is 12.8 Å². The van der Waals surface area contributed by atoms with Gasteiger partial charge in [0.05, 0.1) is 6.42 Å². The Morgan fingerprint density at radius 2 is 2.22 bits per heavy atom. The summed E-state index contributed by atoms with van der Waals surface area (Å²) >= 11 is 0. The van der Waals surface area contributed by atoms with Crippen LogP contribution >= 0.6 is 0 Å². The van der Waals surface area contributed by atoms with Crippen molar-refractivity contribution in [2.24, 2.45) is 0 Å². The summed E-state index contributed by atoms with van der Waals surface area (Å²) in [5, 5.41) is 27.1. The normalized spacial score (nSPS) is 8.44. The Labute approximate surface area is 51.4 Å². The molecule has 5 heteroatoms. The van der Waals surface area contributed by atoms with Crippen molar-refractivity contribution in [1.29, 1.82) is 0 Å². The minimum Gasteiger partial charge on any atom is -0.613 e. The van der Waals surface area contributed by atoms with Crippen LogP contribution in [0.4, 0.5) is 0 Å². The monoisotopic (exact) mass is 132 g/mol. The minimum atomic E-state index is -1.02. The molecule has 0 fully saturated rings. The van der Waals surface area contributed by atoms with E-state index < -0.39 is 10.9 Å². The van der Waals surface area contributed by atoms with Crippen LogP contribution in [0.5, 0.6) is 0 Å². The molecule has 0 aromatic carbocycles. The third-order valence-electron chi connectivity index (χ3n) is 0.636. The Morgan fingerprint density at radius 1 is 1.67 bits per heavy atom. The second-order valence-corrected chi connectivity index (χ2v) is 1.40. The number of carbonyl (C=O) groups is 1. The van der Waals surface area contributed by atoms with Gasteiger partial charge in [0.15, 0.2) is 6.21 Å². The quantitative estimate of drug-likeness (QED) is 0.331. The molecule has 0 rings (SSSR count). The summed E-state index contributed by atoms with van der Waals surface area (Å²) in [6, 6.07) is 0. The van der Waals surface area contributed by atoms with Gasteiger partial charge in [-0.2, -0.15) is 4.90 Å². The van der Waals surface area contributed by atoms with Gasteiger partial charge in [-0.05, 0) is 0 Å². The van der Waals surface area contributed by atoms with E-state index in [1.165, 1.54) is 0 Å². The molecule has 0 saturated carbocycles. The molecule has 0 aliphatic heterocycles. The summed E-state index contributed by atoms with van der Waals surface area (Å²) in [5.41, 5.74) is 0. The van der Waals surface area contributed by atoms with Gasteiger partial charge in [0.25, 0.3) is 0 Å². The number of hydrogen-bond donors (Lipinski definition) is 1. The highest BCUT2D eigenvalue weighted by Crippen LogP contribution is 1.82. The van der Waals surface area contributed by atoms with Gasteiger partial charge >= 0.3 is 5.97 Å². The first-order valence-corrected chi connectivity index (χ1v) is 2.31. The molecule has 0 bridgehead atoms. The summed E-state index contributed by atoms with van der Waals surface area (Å²) in [7, 11) is 0. The molecule has 0 aliphatic rings. The van der Waals surface area contributed by atoms with Gasteiger partial charge in [-0.3, -0.25) is 4.79 Å². The zero-order chi connectivity index (χ0) is 7.28. The van der Waals surface area contributed by atoms with E-state index in [0.717, 1.165) is 6.21 Å². The van der Waals surface area contributed by atoms with Gasteiger partial charge < -0.3 is 15.5 Å². The lowest BCUT2D eigenvalue weighted by atomic mass is 10.3. The van der Waals surface area contributed by atoms with Crippen molar-refractivity contribution in [2.75, 3.05) is 0 Å². The highest BCUT2D eigenvalue weighted by Gasteiger charge is 1.93. The number of carboxylic acids is 1. The molecule has 0 radical (unpaired) electrons. The molecule has 9 heavy (non-hydrogen) atoms. The molecule has 0 unspecified atom stereocenters. The Hall–Kier alpha value is -1.26. The predicted molar refractivity (Wildman–Crippen MR) is 29.9 cm³/mol. The summed E-state index contributed by atoms with van der Waals surface area (Å²) in [5.74, 6) is -1.02. The highest BCUT2D eigenvalue weighted by molar-refractivity contribution is 5.70. The Bertz CT molecular complexity index is 127. The van der Waals surface area contributed by atoms with Crippen molar-refractivity contribution in [3.8, 4) is 0 Å². The number of rotatable bonds is 3. The Balaban J connectivity index is 3.31. The van der Waals surface area contributed by atoms with Crippen LogP contribution in [-0.4, -0.2) is 22.2 Å². The predicted octanol–water partition coefficient (Wildman–Crippen LogP) is -0.0699. The zero-order valence-electron chi connectivity index (χ0n) is 4.61. The number of hydrogen-bond acceptors (Lipinski definition) is 3. The van der Waals surface area contributed by atoms with Crippen molar-refractivity contribution in [1.82, 2.24) is 0 Å². The fraction of sp³-hybridized carbons (Fsp3) is 0.500. The van der Waals surface area contributed by atoms with Crippen LogP contribution in [-0.2, 0) is 4.79 Å². The minimum absolute atomic E-state index is 0.0116. The van der Waals surface area contributed by atoms with E-state index in [1.807, 2.05) is 0 Å². The van der Waals surface area contributed by atoms with E-state index in [-0.39, 0.29) is 12.8 Å². The third kappa shape index (κ3) is 6.74. The molecular weight excluding hydrogens is 126 g/mol. The lowest BCUT2D eigenvalue weighted by Gasteiger charge is -2.00. The van der Waals surface area contributed by atoms with Gasteiger partial charge in [0, 0.05) is 6.42 Å². The largest absolute Gasteiger partial charge is 0.613 e. The molecule has 0 spiro atoms. The number of carboxylic acid groups (broad SMARTS) is 1. The maximum absolute atomic E-state index is 9.74. The van der Waals surface area contributed by atoms with Crippen molar-refractivity contribution in [3.63, 3.8) is 0 Å². The van der Waals surface area contributed by atoms with Crippen LogP contribution < -0.4 is 0 Å². The van der Waals surface area contributed by atoms with Crippen LogP contribution in [0, 0.1) is 10.4 Å². The van der Waals surface area contributed by atoms with Crippen molar-refractivity contribution in [3.05, 3.63) is 10.4 Å². The van der Waals surface area contributed by atoms with Gasteiger partial charge in [0.1, 0.15) is 0 Å². The van der Waals surface area contributed by atoms with E-state index in [9.17, 15) is 15.2 Å². The first kappa shape index (κ1) is 7.74. The first-order chi connectivity index (χ1) is 4.13. The lowest BCUT2D eigenvalue weighted by molar-refractivity contribution is -0.374.